The summed E-state index contributed by atoms with van der Waals surface area (Å²) in [5, 5.41) is 10.1. The number of benzene rings is 1. The monoisotopic (exact) mass is 399 g/mol. The molecule has 4 nitrogen and oxygen atoms in total. The van der Waals surface area contributed by atoms with E-state index in [9.17, 15) is 9.90 Å². The van der Waals surface area contributed by atoms with E-state index in [1.54, 1.807) is 13.2 Å². The SMILES string of the molecule is COc1ccc(Cl)cc1C(c1ccc(Cl)s1)N1CCCC(C(=O)O)C1. The lowest BCUT2D eigenvalue weighted by molar-refractivity contribution is -0.143. The summed E-state index contributed by atoms with van der Waals surface area (Å²) in [6.07, 6.45) is 1.55. The van der Waals surface area contributed by atoms with E-state index in [-0.39, 0.29) is 12.0 Å². The Bertz CT molecular complexity index is 765. The minimum absolute atomic E-state index is 0.131. The van der Waals surface area contributed by atoms with Crippen molar-refractivity contribution in [1.82, 2.24) is 4.90 Å². The molecule has 134 valence electrons. The normalized spacial score (nSPS) is 19.6. The Labute approximate surface area is 160 Å². The first-order chi connectivity index (χ1) is 12.0. The number of halogens is 2. The van der Waals surface area contributed by atoms with E-state index >= 15 is 0 Å². The Balaban J connectivity index is 2.05. The molecule has 2 heterocycles. The van der Waals surface area contributed by atoms with Crippen LogP contribution in [0, 0.1) is 5.92 Å². The smallest absolute Gasteiger partial charge is 0.307 e. The standard InChI is InChI=1S/C18H19Cl2NO3S/c1-24-14-5-4-12(19)9-13(14)17(15-6-7-16(20)25-15)21-8-2-3-11(10-21)18(22)23/h4-7,9,11,17H,2-3,8,10H2,1H3,(H,22,23). The molecular weight excluding hydrogens is 381 g/mol. The van der Waals surface area contributed by atoms with Gasteiger partial charge in [-0.05, 0) is 49.7 Å². The predicted molar refractivity (Wildman–Crippen MR) is 101 cm³/mol. The first-order valence-electron chi connectivity index (χ1n) is 8.05. The maximum absolute atomic E-state index is 11.5. The number of rotatable bonds is 5. The van der Waals surface area contributed by atoms with Crippen molar-refractivity contribution in [2.75, 3.05) is 20.2 Å². The van der Waals surface area contributed by atoms with Crippen molar-refractivity contribution in [2.45, 2.75) is 18.9 Å². The molecule has 2 unspecified atom stereocenters. The Kier molecular flexibility index (Phi) is 5.89. The Morgan fingerprint density at radius 2 is 2.16 bits per heavy atom. The highest BCUT2D eigenvalue weighted by atomic mass is 35.5. The number of carboxylic acids is 1. The molecule has 3 rings (SSSR count). The van der Waals surface area contributed by atoms with Crippen molar-refractivity contribution < 1.29 is 14.6 Å². The molecule has 0 amide bonds. The molecule has 0 aliphatic carbocycles. The van der Waals surface area contributed by atoms with E-state index in [1.807, 2.05) is 24.3 Å². The number of carbonyl (C=O) groups is 1. The Morgan fingerprint density at radius 3 is 2.80 bits per heavy atom. The van der Waals surface area contributed by atoms with Gasteiger partial charge in [-0.2, -0.15) is 0 Å². The third-order valence-corrected chi connectivity index (χ3v) is 6.04. The first kappa shape index (κ1) is 18.5. The van der Waals surface area contributed by atoms with Gasteiger partial charge in [0.15, 0.2) is 0 Å². The van der Waals surface area contributed by atoms with Crippen LogP contribution in [-0.2, 0) is 4.79 Å². The van der Waals surface area contributed by atoms with Crippen LogP contribution in [0.4, 0.5) is 0 Å². The van der Waals surface area contributed by atoms with Crippen molar-refractivity contribution >= 4 is 40.5 Å². The van der Waals surface area contributed by atoms with Gasteiger partial charge in [0.1, 0.15) is 5.75 Å². The maximum atomic E-state index is 11.5. The molecule has 0 bridgehead atoms. The quantitative estimate of drug-likeness (QED) is 0.772. The molecule has 0 radical (unpaired) electrons. The fourth-order valence-electron chi connectivity index (χ4n) is 3.37. The lowest BCUT2D eigenvalue weighted by atomic mass is 9.94. The fraction of sp³-hybridized carbons (Fsp3) is 0.389. The molecule has 2 aromatic rings. The largest absolute Gasteiger partial charge is 0.496 e. The maximum Gasteiger partial charge on any atom is 0.307 e. The van der Waals surface area contributed by atoms with Crippen molar-refractivity contribution in [3.05, 3.63) is 50.1 Å². The zero-order valence-electron chi connectivity index (χ0n) is 13.7. The van der Waals surface area contributed by atoms with Gasteiger partial charge in [-0.25, -0.2) is 0 Å². The molecule has 1 N–H and O–H groups in total. The molecule has 1 aromatic carbocycles. The summed E-state index contributed by atoms with van der Waals surface area (Å²) in [7, 11) is 1.63. The first-order valence-corrected chi connectivity index (χ1v) is 9.62. The highest BCUT2D eigenvalue weighted by Gasteiger charge is 2.33. The van der Waals surface area contributed by atoms with Gasteiger partial charge in [-0.1, -0.05) is 23.2 Å². The van der Waals surface area contributed by atoms with Crippen LogP contribution in [0.25, 0.3) is 0 Å². The minimum atomic E-state index is -0.745. The number of hydrogen-bond acceptors (Lipinski definition) is 4. The van der Waals surface area contributed by atoms with E-state index in [1.165, 1.54) is 11.3 Å². The average molecular weight is 400 g/mol. The minimum Gasteiger partial charge on any atom is -0.496 e. The molecular formula is C18H19Cl2NO3S. The van der Waals surface area contributed by atoms with Crippen LogP contribution >= 0.6 is 34.5 Å². The van der Waals surface area contributed by atoms with Crippen LogP contribution < -0.4 is 4.74 Å². The van der Waals surface area contributed by atoms with Crippen molar-refractivity contribution in [3.63, 3.8) is 0 Å². The van der Waals surface area contributed by atoms with E-state index in [4.69, 9.17) is 27.9 Å². The van der Waals surface area contributed by atoms with Gasteiger partial charge >= 0.3 is 5.97 Å². The van der Waals surface area contributed by atoms with Crippen molar-refractivity contribution in [3.8, 4) is 5.75 Å². The third kappa shape index (κ3) is 4.11. The van der Waals surface area contributed by atoms with Gasteiger partial charge in [0.05, 0.1) is 23.4 Å². The predicted octanol–water partition coefficient (Wildman–Crippen LogP) is 4.95. The van der Waals surface area contributed by atoms with Crippen LogP contribution in [0.1, 0.15) is 29.3 Å². The van der Waals surface area contributed by atoms with Crippen LogP contribution in [0.15, 0.2) is 30.3 Å². The summed E-state index contributed by atoms with van der Waals surface area (Å²) >= 11 is 13.9. The van der Waals surface area contributed by atoms with Crippen molar-refractivity contribution in [2.24, 2.45) is 5.92 Å². The van der Waals surface area contributed by atoms with Crippen LogP contribution in [0.5, 0.6) is 5.75 Å². The molecule has 25 heavy (non-hydrogen) atoms. The average Bonchev–Trinajstić information content (AvgIpc) is 3.01. The summed E-state index contributed by atoms with van der Waals surface area (Å²) in [5.74, 6) is -0.376. The van der Waals surface area contributed by atoms with Gasteiger partial charge in [0.25, 0.3) is 0 Å². The highest BCUT2D eigenvalue weighted by Crippen LogP contribution is 2.41. The van der Waals surface area contributed by atoms with E-state index in [2.05, 4.69) is 4.90 Å². The number of likely N-dealkylation sites (tertiary alicyclic amines) is 1. The summed E-state index contributed by atoms with van der Waals surface area (Å²) in [5.41, 5.74) is 0.930. The second-order valence-corrected chi connectivity index (χ2v) is 8.29. The number of hydrogen-bond donors (Lipinski definition) is 1. The number of nitrogens with zero attached hydrogens (tertiary/aromatic N) is 1. The van der Waals surface area contributed by atoms with E-state index < -0.39 is 5.97 Å². The van der Waals surface area contributed by atoms with E-state index in [0.717, 1.165) is 29.2 Å². The molecule has 1 aromatic heterocycles. The van der Waals surface area contributed by atoms with E-state index in [0.29, 0.717) is 22.3 Å². The van der Waals surface area contributed by atoms with Crippen LogP contribution in [0.2, 0.25) is 9.36 Å². The van der Waals surface area contributed by atoms with Gasteiger partial charge in [0, 0.05) is 22.0 Å². The van der Waals surface area contributed by atoms with Gasteiger partial charge < -0.3 is 9.84 Å². The number of aliphatic carboxylic acids is 1. The zero-order valence-corrected chi connectivity index (χ0v) is 16.1. The lowest BCUT2D eigenvalue weighted by Crippen LogP contribution is -2.41. The Hall–Kier alpha value is -1.27. The van der Waals surface area contributed by atoms with Gasteiger partial charge in [0.2, 0.25) is 0 Å². The summed E-state index contributed by atoms with van der Waals surface area (Å²) in [6.45, 7) is 1.31. The highest BCUT2D eigenvalue weighted by molar-refractivity contribution is 7.16. The number of piperidine rings is 1. The summed E-state index contributed by atoms with van der Waals surface area (Å²) < 4.78 is 6.25. The second kappa shape index (κ2) is 7.96. The topological polar surface area (TPSA) is 49.8 Å². The number of carboxylic acid groups (broad SMARTS) is 1. The molecule has 1 fully saturated rings. The van der Waals surface area contributed by atoms with Crippen LogP contribution in [-0.4, -0.2) is 36.2 Å². The molecule has 1 saturated heterocycles. The number of methoxy groups -OCH3 is 1. The van der Waals surface area contributed by atoms with Crippen LogP contribution in [0.3, 0.4) is 0 Å². The molecule has 7 heteroatoms. The molecule has 1 aliphatic heterocycles. The molecule has 0 saturated carbocycles. The third-order valence-electron chi connectivity index (χ3n) is 4.52. The fourth-order valence-corrected chi connectivity index (χ4v) is 4.76. The summed E-state index contributed by atoms with van der Waals surface area (Å²) in [4.78, 5) is 14.7. The Morgan fingerprint density at radius 1 is 1.36 bits per heavy atom. The number of thiophene rings is 1. The molecule has 1 aliphatic rings. The lowest BCUT2D eigenvalue weighted by Gasteiger charge is -2.37. The number of ether oxygens (including phenoxy) is 1. The zero-order chi connectivity index (χ0) is 18.0. The summed E-state index contributed by atoms with van der Waals surface area (Å²) in [6, 6.07) is 9.25. The molecule has 2 atom stereocenters. The molecule has 0 spiro atoms. The second-order valence-electron chi connectivity index (χ2n) is 6.10. The van der Waals surface area contributed by atoms with Gasteiger partial charge in [-0.3, -0.25) is 9.69 Å². The van der Waals surface area contributed by atoms with Gasteiger partial charge in [-0.15, -0.1) is 11.3 Å². The van der Waals surface area contributed by atoms with Crippen molar-refractivity contribution in [1.29, 1.82) is 0 Å².